The van der Waals surface area contributed by atoms with Gasteiger partial charge in [0.15, 0.2) is 0 Å². The van der Waals surface area contributed by atoms with Crippen molar-refractivity contribution in [2.45, 2.75) is 24.9 Å². The predicted molar refractivity (Wildman–Crippen MR) is 47.6 cm³/mol. The van der Waals surface area contributed by atoms with Crippen LogP contribution in [0.5, 0.6) is 0 Å². The van der Waals surface area contributed by atoms with Gasteiger partial charge < -0.3 is 4.57 Å². The lowest BCUT2D eigenvalue weighted by Gasteiger charge is -1.92. The van der Waals surface area contributed by atoms with Crippen LogP contribution < -0.4 is 0 Å². The van der Waals surface area contributed by atoms with Crippen LogP contribution in [-0.4, -0.2) is 4.57 Å². The summed E-state index contributed by atoms with van der Waals surface area (Å²) in [7, 11) is 0. The zero-order valence-corrected chi connectivity index (χ0v) is 7.48. The van der Waals surface area contributed by atoms with Gasteiger partial charge in [0.25, 0.3) is 0 Å². The van der Waals surface area contributed by atoms with Gasteiger partial charge in [-0.05, 0) is 26.0 Å². The minimum atomic E-state index is 0.654. The summed E-state index contributed by atoms with van der Waals surface area (Å²) in [5.41, 5.74) is 1.45. The van der Waals surface area contributed by atoms with E-state index in [4.69, 9.17) is 0 Å². The lowest BCUT2D eigenvalue weighted by molar-refractivity contribution is 0.838. The van der Waals surface area contributed by atoms with Gasteiger partial charge in [-0.2, -0.15) is 0 Å². The molecule has 1 aromatic rings. The van der Waals surface area contributed by atoms with E-state index in [1.807, 2.05) is 13.0 Å². The molecule has 2 heteroatoms. The van der Waals surface area contributed by atoms with Crippen molar-refractivity contribution in [3.05, 3.63) is 29.3 Å². The summed E-state index contributed by atoms with van der Waals surface area (Å²) in [5.74, 6) is 0. The molecule has 1 radical (unpaired) electrons. The molecule has 2 rings (SSSR count). The number of hydrogen-bond donors (Lipinski definition) is 0. The molecule has 1 aliphatic heterocycles. The number of fused-ring (bicyclic) bond motifs is 1. The van der Waals surface area contributed by atoms with E-state index in [0.29, 0.717) is 6.04 Å². The van der Waals surface area contributed by atoms with Crippen LogP contribution in [0.3, 0.4) is 0 Å². The highest BCUT2D eigenvalue weighted by atomic mass is 32.2. The minimum Gasteiger partial charge on any atom is -0.329 e. The first kappa shape index (κ1) is 7.04. The molecule has 0 saturated heterocycles. The Morgan fingerprint density at radius 1 is 1.64 bits per heavy atom. The first-order chi connectivity index (χ1) is 5.34. The highest BCUT2D eigenvalue weighted by Gasteiger charge is 2.29. The lowest BCUT2D eigenvalue weighted by atomic mass is 10.4. The standard InChI is InChI=1S/C9H10NS/c1-3-6-11-9-5-4-8-7(2)10(8)9/h3-5,7H,1-2H3. The molecule has 0 fully saturated rings. The van der Waals surface area contributed by atoms with Gasteiger partial charge in [0, 0.05) is 11.1 Å². The van der Waals surface area contributed by atoms with E-state index in [0.717, 1.165) is 0 Å². The average molecular weight is 164 g/mol. The van der Waals surface area contributed by atoms with Crippen molar-refractivity contribution in [1.29, 1.82) is 0 Å². The summed E-state index contributed by atoms with van der Waals surface area (Å²) in [6, 6.07) is 4.99. The molecule has 0 saturated carbocycles. The van der Waals surface area contributed by atoms with Crippen LogP contribution in [0.4, 0.5) is 0 Å². The van der Waals surface area contributed by atoms with Crippen LogP contribution in [0.1, 0.15) is 25.6 Å². The Kier molecular flexibility index (Phi) is 1.57. The van der Waals surface area contributed by atoms with Crippen LogP contribution in [0.15, 0.2) is 23.2 Å². The maximum Gasteiger partial charge on any atom is 0.0805 e. The normalized spacial score (nSPS) is 20.7. The minimum absolute atomic E-state index is 0.654. The highest BCUT2D eigenvalue weighted by Crippen LogP contribution is 2.40. The summed E-state index contributed by atoms with van der Waals surface area (Å²) in [6.07, 6.45) is 1.94. The molecule has 1 atom stereocenters. The van der Waals surface area contributed by atoms with Gasteiger partial charge in [-0.15, -0.1) is 0 Å². The Balaban J connectivity index is 2.16. The van der Waals surface area contributed by atoms with Crippen molar-refractivity contribution < 1.29 is 0 Å². The van der Waals surface area contributed by atoms with Crippen molar-refractivity contribution in [2.75, 3.05) is 0 Å². The van der Waals surface area contributed by atoms with Gasteiger partial charge in [0.2, 0.25) is 0 Å². The van der Waals surface area contributed by atoms with Crippen LogP contribution in [0.2, 0.25) is 0 Å². The van der Waals surface area contributed by atoms with Crippen molar-refractivity contribution in [3.63, 3.8) is 0 Å². The Morgan fingerprint density at radius 2 is 2.45 bits per heavy atom. The van der Waals surface area contributed by atoms with Crippen LogP contribution in [-0.2, 0) is 0 Å². The molecule has 0 spiro atoms. The quantitative estimate of drug-likeness (QED) is 0.608. The lowest BCUT2D eigenvalue weighted by Crippen LogP contribution is -1.76. The third-order valence-corrected chi connectivity index (χ3v) is 2.84. The summed E-state index contributed by atoms with van der Waals surface area (Å²) >= 11 is 1.67. The molecule has 0 aliphatic carbocycles. The molecule has 0 bridgehead atoms. The molecule has 2 heterocycles. The maximum atomic E-state index is 3.12. The van der Waals surface area contributed by atoms with E-state index in [9.17, 15) is 0 Å². The second-order valence-corrected chi connectivity index (χ2v) is 3.51. The Labute approximate surface area is 71.1 Å². The molecule has 0 amide bonds. The number of rotatable bonds is 2. The highest BCUT2D eigenvalue weighted by molar-refractivity contribution is 8.00. The number of hydrogen-bond acceptors (Lipinski definition) is 1. The van der Waals surface area contributed by atoms with Crippen LogP contribution >= 0.6 is 11.8 Å². The predicted octanol–water partition coefficient (Wildman–Crippen LogP) is 2.84. The van der Waals surface area contributed by atoms with E-state index >= 15 is 0 Å². The Hall–Kier alpha value is -0.630. The van der Waals surface area contributed by atoms with E-state index in [2.05, 4.69) is 29.0 Å². The smallest absolute Gasteiger partial charge is 0.0805 e. The van der Waals surface area contributed by atoms with Crippen molar-refractivity contribution in [2.24, 2.45) is 0 Å². The fraction of sp³-hybridized carbons (Fsp3) is 0.333. The van der Waals surface area contributed by atoms with Crippen LogP contribution in [0, 0.1) is 5.41 Å². The Morgan fingerprint density at radius 3 is 3.00 bits per heavy atom. The molecular formula is C9H10NS. The van der Waals surface area contributed by atoms with Gasteiger partial charge in [-0.25, -0.2) is 0 Å². The molecule has 1 aromatic heterocycles. The zero-order chi connectivity index (χ0) is 7.84. The molecule has 57 valence electrons. The number of aromatic nitrogens is 1. The van der Waals surface area contributed by atoms with E-state index < -0.39 is 0 Å². The third kappa shape index (κ3) is 1.02. The summed E-state index contributed by atoms with van der Waals surface area (Å²) in [6.45, 7) is 4.21. The molecule has 1 nitrogen and oxygen atoms in total. The summed E-state index contributed by atoms with van der Waals surface area (Å²) < 4.78 is 2.32. The largest absolute Gasteiger partial charge is 0.329 e. The number of thioether (sulfide) groups is 1. The number of allylic oxidation sites excluding steroid dienone is 1. The van der Waals surface area contributed by atoms with Gasteiger partial charge in [0.1, 0.15) is 0 Å². The van der Waals surface area contributed by atoms with Gasteiger partial charge in [-0.3, -0.25) is 0 Å². The topological polar surface area (TPSA) is 4.93 Å². The second kappa shape index (κ2) is 2.45. The fourth-order valence-electron chi connectivity index (χ4n) is 1.29. The van der Waals surface area contributed by atoms with Gasteiger partial charge >= 0.3 is 0 Å². The van der Waals surface area contributed by atoms with Crippen molar-refractivity contribution >= 4 is 11.8 Å². The van der Waals surface area contributed by atoms with Crippen LogP contribution in [0.25, 0.3) is 0 Å². The molecule has 0 N–H and O–H groups in total. The molecule has 1 unspecified atom stereocenters. The monoisotopic (exact) mass is 164 g/mol. The third-order valence-electron chi connectivity index (χ3n) is 1.94. The zero-order valence-electron chi connectivity index (χ0n) is 6.66. The van der Waals surface area contributed by atoms with Crippen molar-refractivity contribution in [1.82, 2.24) is 4.57 Å². The molecule has 1 aliphatic rings. The molecule has 11 heavy (non-hydrogen) atoms. The van der Waals surface area contributed by atoms with E-state index in [1.54, 1.807) is 11.8 Å². The first-order valence-electron chi connectivity index (χ1n) is 3.76. The number of nitrogens with zero attached hydrogens (tertiary/aromatic N) is 1. The van der Waals surface area contributed by atoms with E-state index in [1.165, 1.54) is 10.7 Å². The summed E-state index contributed by atoms with van der Waals surface area (Å²) in [5, 5.41) is 4.43. The first-order valence-corrected chi connectivity index (χ1v) is 4.57. The maximum absolute atomic E-state index is 3.12. The van der Waals surface area contributed by atoms with Crippen molar-refractivity contribution in [3.8, 4) is 0 Å². The summed E-state index contributed by atoms with van der Waals surface area (Å²) in [4.78, 5) is 0. The van der Waals surface area contributed by atoms with Gasteiger partial charge in [0.05, 0.1) is 11.1 Å². The average Bonchev–Trinajstić information content (AvgIpc) is 2.46. The molecular weight excluding hydrogens is 154 g/mol. The SMILES string of the molecule is C/C=[C]/Sc1ccc2n1C2C. The van der Waals surface area contributed by atoms with E-state index in [-0.39, 0.29) is 0 Å². The molecule has 0 aromatic carbocycles. The Bertz CT molecular complexity index is 299. The second-order valence-electron chi connectivity index (χ2n) is 2.65. The fourth-order valence-corrected chi connectivity index (χ4v) is 2.03. The van der Waals surface area contributed by atoms with Gasteiger partial charge in [-0.1, -0.05) is 17.8 Å².